The van der Waals surface area contributed by atoms with Gasteiger partial charge in [-0.1, -0.05) is 11.6 Å². The van der Waals surface area contributed by atoms with Crippen molar-refractivity contribution >= 4 is 11.6 Å². The molecule has 0 spiro atoms. The van der Waals surface area contributed by atoms with E-state index in [1.807, 2.05) is 0 Å². The Morgan fingerprint density at radius 3 is 2.93 bits per heavy atom. The van der Waals surface area contributed by atoms with E-state index in [1.54, 1.807) is 41.5 Å². The predicted octanol–water partition coefficient (Wildman–Crippen LogP) is 2.40. The summed E-state index contributed by atoms with van der Waals surface area (Å²) >= 11 is 5.99. The highest BCUT2D eigenvalue weighted by molar-refractivity contribution is 6.32. The van der Waals surface area contributed by atoms with Gasteiger partial charge in [-0.25, -0.2) is 4.98 Å². The van der Waals surface area contributed by atoms with Crippen LogP contribution >= 0.6 is 11.6 Å². The van der Waals surface area contributed by atoms with Crippen LogP contribution in [0.5, 0.6) is 0 Å². The van der Waals surface area contributed by atoms with Gasteiger partial charge in [0, 0.05) is 12.4 Å². The molecule has 1 aromatic carbocycles. The summed E-state index contributed by atoms with van der Waals surface area (Å²) in [6.07, 6.45) is 5.08. The number of hydrogen-bond donors (Lipinski definition) is 0. The molecule has 4 heteroatoms. The Labute approximate surface area is 86.2 Å². The normalized spacial score (nSPS) is 9.71. The summed E-state index contributed by atoms with van der Waals surface area (Å²) in [6, 6.07) is 7.18. The average Bonchev–Trinajstić information content (AvgIpc) is 2.71. The quantitative estimate of drug-likeness (QED) is 0.714. The van der Waals surface area contributed by atoms with Crippen molar-refractivity contribution in [3.05, 3.63) is 47.5 Å². The van der Waals surface area contributed by atoms with E-state index in [0.717, 1.165) is 5.69 Å². The van der Waals surface area contributed by atoms with Crippen LogP contribution in [0.2, 0.25) is 5.02 Å². The molecule has 0 unspecified atom stereocenters. The zero-order valence-electron chi connectivity index (χ0n) is 7.18. The first-order chi connectivity index (χ1) is 6.81. The van der Waals surface area contributed by atoms with E-state index in [0.29, 0.717) is 10.6 Å². The van der Waals surface area contributed by atoms with Crippen molar-refractivity contribution in [2.75, 3.05) is 0 Å². The molecule has 2 aromatic rings. The van der Waals surface area contributed by atoms with E-state index in [9.17, 15) is 0 Å². The number of nitriles is 1. The molecule has 0 aliphatic heterocycles. The number of aromatic nitrogens is 2. The number of halogens is 1. The second-order valence-corrected chi connectivity index (χ2v) is 3.16. The standard InChI is InChI=1S/C10H6ClN3/c11-9-2-1-8(6-12)5-10(9)14-4-3-13-7-14/h1-5,7H. The number of benzene rings is 1. The molecule has 68 valence electrons. The van der Waals surface area contributed by atoms with E-state index < -0.39 is 0 Å². The van der Waals surface area contributed by atoms with Gasteiger partial charge in [0.15, 0.2) is 0 Å². The van der Waals surface area contributed by atoms with Gasteiger partial charge in [-0.2, -0.15) is 5.26 Å². The van der Waals surface area contributed by atoms with Crippen LogP contribution in [0.25, 0.3) is 5.69 Å². The number of imidazole rings is 1. The van der Waals surface area contributed by atoms with E-state index in [2.05, 4.69) is 11.1 Å². The molecule has 0 bridgehead atoms. The highest BCUT2D eigenvalue weighted by Gasteiger charge is 2.02. The van der Waals surface area contributed by atoms with Crippen molar-refractivity contribution in [2.45, 2.75) is 0 Å². The van der Waals surface area contributed by atoms with Crippen molar-refractivity contribution in [2.24, 2.45) is 0 Å². The minimum absolute atomic E-state index is 0.582. The molecule has 0 saturated carbocycles. The maximum absolute atomic E-state index is 8.73. The summed E-state index contributed by atoms with van der Waals surface area (Å²) in [5.74, 6) is 0. The molecule has 0 N–H and O–H groups in total. The summed E-state index contributed by atoms with van der Waals surface area (Å²) in [6.45, 7) is 0. The summed E-state index contributed by atoms with van der Waals surface area (Å²) in [7, 11) is 0. The molecule has 14 heavy (non-hydrogen) atoms. The average molecular weight is 204 g/mol. The number of hydrogen-bond acceptors (Lipinski definition) is 2. The van der Waals surface area contributed by atoms with Gasteiger partial charge in [-0.3, -0.25) is 0 Å². The van der Waals surface area contributed by atoms with Crippen LogP contribution in [-0.4, -0.2) is 9.55 Å². The molecule has 0 fully saturated rings. The van der Waals surface area contributed by atoms with Crippen molar-refractivity contribution < 1.29 is 0 Å². The van der Waals surface area contributed by atoms with Crippen LogP contribution in [0.15, 0.2) is 36.9 Å². The molecule has 0 radical (unpaired) electrons. The monoisotopic (exact) mass is 203 g/mol. The second-order valence-electron chi connectivity index (χ2n) is 2.75. The lowest BCUT2D eigenvalue weighted by molar-refractivity contribution is 1.06. The number of rotatable bonds is 1. The second kappa shape index (κ2) is 3.52. The highest BCUT2D eigenvalue weighted by Crippen LogP contribution is 2.21. The zero-order valence-corrected chi connectivity index (χ0v) is 7.94. The lowest BCUT2D eigenvalue weighted by Crippen LogP contribution is -1.91. The van der Waals surface area contributed by atoms with Gasteiger partial charge in [0.1, 0.15) is 0 Å². The topological polar surface area (TPSA) is 41.6 Å². The third kappa shape index (κ3) is 1.48. The summed E-state index contributed by atoms with van der Waals surface area (Å²) in [5, 5.41) is 9.33. The zero-order chi connectivity index (χ0) is 9.97. The fourth-order valence-electron chi connectivity index (χ4n) is 1.18. The van der Waals surface area contributed by atoms with Crippen LogP contribution in [0.1, 0.15) is 5.56 Å². The lowest BCUT2D eigenvalue weighted by atomic mass is 10.2. The fraction of sp³-hybridized carbons (Fsp3) is 0. The highest BCUT2D eigenvalue weighted by atomic mass is 35.5. The van der Waals surface area contributed by atoms with Gasteiger partial charge >= 0.3 is 0 Å². The van der Waals surface area contributed by atoms with Crippen molar-refractivity contribution in [3.63, 3.8) is 0 Å². The summed E-state index contributed by atoms with van der Waals surface area (Å²) < 4.78 is 1.77. The maximum Gasteiger partial charge on any atom is 0.0992 e. The van der Waals surface area contributed by atoms with Crippen LogP contribution in [0.3, 0.4) is 0 Å². The van der Waals surface area contributed by atoms with Crippen molar-refractivity contribution in [3.8, 4) is 11.8 Å². The molecule has 1 heterocycles. The Morgan fingerprint density at radius 1 is 1.43 bits per heavy atom. The van der Waals surface area contributed by atoms with E-state index in [-0.39, 0.29) is 0 Å². The van der Waals surface area contributed by atoms with Crippen molar-refractivity contribution in [1.82, 2.24) is 9.55 Å². The molecule has 2 rings (SSSR count). The summed E-state index contributed by atoms with van der Waals surface area (Å²) in [4.78, 5) is 3.92. The van der Waals surface area contributed by atoms with Crippen LogP contribution in [0.4, 0.5) is 0 Å². The van der Waals surface area contributed by atoms with Crippen LogP contribution in [0, 0.1) is 11.3 Å². The molecular weight excluding hydrogens is 198 g/mol. The Bertz CT molecular complexity index is 483. The van der Waals surface area contributed by atoms with Gasteiger partial charge in [0.25, 0.3) is 0 Å². The molecule has 0 aliphatic carbocycles. The van der Waals surface area contributed by atoms with E-state index in [4.69, 9.17) is 16.9 Å². The Kier molecular flexibility index (Phi) is 2.21. The SMILES string of the molecule is N#Cc1ccc(Cl)c(-n2ccnc2)c1. The van der Waals surface area contributed by atoms with Gasteiger partial charge in [-0.05, 0) is 18.2 Å². The smallest absolute Gasteiger partial charge is 0.0992 e. The predicted molar refractivity (Wildman–Crippen MR) is 53.3 cm³/mol. The Balaban J connectivity index is 2.58. The number of nitrogens with zero attached hydrogens (tertiary/aromatic N) is 3. The van der Waals surface area contributed by atoms with Gasteiger partial charge in [0.05, 0.1) is 28.7 Å². The molecule has 1 aromatic heterocycles. The molecule has 0 atom stereocenters. The van der Waals surface area contributed by atoms with Crippen LogP contribution in [-0.2, 0) is 0 Å². The molecule has 3 nitrogen and oxygen atoms in total. The third-order valence-electron chi connectivity index (χ3n) is 1.86. The molecule has 0 amide bonds. The van der Waals surface area contributed by atoms with Gasteiger partial charge in [-0.15, -0.1) is 0 Å². The first-order valence-electron chi connectivity index (χ1n) is 3.99. The molecule has 0 saturated heterocycles. The van der Waals surface area contributed by atoms with Crippen molar-refractivity contribution in [1.29, 1.82) is 5.26 Å². The Morgan fingerprint density at radius 2 is 2.29 bits per heavy atom. The largest absolute Gasteiger partial charge is 0.305 e. The molecule has 0 aliphatic rings. The first kappa shape index (κ1) is 8.79. The fourth-order valence-corrected chi connectivity index (χ4v) is 1.40. The Hall–Kier alpha value is -1.79. The maximum atomic E-state index is 8.73. The van der Waals surface area contributed by atoms with Crippen LogP contribution < -0.4 is 0 Å². The molecular formula is C10H6ClN3. The lowest BCUT2D eigenvalue weighted by Gasteiger charge is -2.04. The minimum atomic E-state index is 0.582. The van der Waals surface area contributed by atoms with E-state index in [1.165, 1.54) is 0 Å². The van der Waals surface area contributed by atoms with Gasteiger partial charge < -0.3 is 4.57 Å². The summed E-state index contributed by atoms with van der Waals surface area (Å²) in [5.41, 5.74) is 1.35. The first-order valence-corrected chi connectivity index (χ1v) is 4.37. The van der Waals surface area contributed by atoms with Gasteiger partial charge in [0.2, 0.25) is 0 Å². The third-order valence-corrected chi connectivity index (χ3v) is 2.18. The minimum Gasteiger partial charge on any atom is -0.305 e. The van der Waals surface area contributed by atoms with E-state index >= 15 is 0 Å².